The zero-order valence-electron chi connectivity index (χ0n) is 47.2. The summed E-state index contributed by atoms with van der Waals surface area (Å²) in [6.45, 7) is -2.12. The molecule has 0 aromatic carbocycles. The number of nitrogens with one attached hydrogen (secondary N) is 3. The highest BCUT2D eigenvalue weighted by Gasteiger charge is 2.59. The van der Waals surface area contributed by atoms with Crippen LogP contribution in [-0.4, -0.2) is 376 Å². The van der Waals surface area contributed by atoms with Crippen molar-refractivity contribution in [3.05, 3.63) is 0 Å². The van der Waals surface area contributed by atoms with Gasteiger partial charge in [0.15, 0.2) is 37.7 Å². The van der Waals surface area contributed by atoms with E-state index < -0.39 is 279 Å². The van der Waals surface area contributed by atoms with E-state index in [0.717, 1.165) is 20.8 Å². The normalized spacial score (nSPS) is 48.9. The number of carbonyl (C=O) groups excluding carboxylic acids is 3. The highest BCUT2D eigenvalue weighted by molar-refractivity contribution is 5.74. The van der Waals surface area contributed by atoms with E-state index >= 15 is 0 Å². The van der Waals surface area contributed by atoms with Crippen LogP contribution in [0, 0.1) is 0 Å². The maximum absolute atomic E-state index is 12.8. The topological polar surface area (TPSA) is 592 Å². The Labute approximate surface area is 494 Å². The Morgan fingerprint density at radius 1 is 0.310 bits per heavy atom. The molecule has 7 heterocycles. The first kappa shape index (κ1) is 71.6. The molecule has 0 aromatic rings. The minimum Gasteiger partial charge on any atom is -0.394 e. The molecule has 0 aromatic heterocycles. The fourth-order valence-corrected chi connectivity index (χ4v) is 11.3. The first-order valence-electron chi connectivity index (χ1n) is 27.9. The summed E-state index contributed by atoms with van der Waals surface area (Å²) < 4.78 is 76.3. The van der Waals surface area contributed by atoms with Gasteiger partial charge in [0.05, 0.1) is 58.4 Å². The lowest BCUT2D eigenvalue weighted by Crippen LogP contribution is -2.70. The van der Waals surface area contributed by atoms with Crippen LogP contribution in [0.15, 0.2) is 0 Å². The number of carbonyl (C=O) groups is 3. The number of rotatable bonds is 22. The fraction of sp³-hybridized carbons (Fsp3) is 0.939. The third kappa shape index (κ3) is 15.8. The molecule has 0 radical (unpaired) electrons. The Morgan fingerprint density at radius 2 is 0.632 bits per heavy atom. The van der Waals surface area contributed by atoms with Gasteiger partial charge in [0.1, 0.15) is 165 Å². The standard InChI is InChI=1S/C49H83N3O35/c1-12-23(50-13(2)59)30(66)39(19(8-56)76-12)83-44-24(51-14(3)60)31(67)41(21(10-58)80-44)85-48-38(74)42(29(65)22(82-48)11-75-46-36(72)33(69)26(62)16(5-53)77-46)86-49-43(35(71)28(64)18(7-55)79-49)87-45-25(52-15(4)61)32(68)40(20(9-57)81-45)84-47-37(73)34(70)27(63)17(6-54)78-47/h12,16-49,53-58,62-74H,5-11H2,1-4H3,(H,50,59)(H,51,60)(H,52,61)/t12-,16?,17?,18+,19?,20?,21?,22?,23?,24?,25?,26+,27-,28+,29+,30+,31+,32+,33-,34-,35?,36?,37?,38?,39+,40+,41+,42-,43?,44-,45-,46-,47-,48-,49+/m0/s1. The third-order valence-corrected chi connectivity index (χ3v) is 16.0. The minimum atomic E-state index is -2.39. The Kier molecular flexibility index (Phi) is 25.6. The van der Waals surface area contributed by atoms with Crippen LogP contribution in [0.5, 0.6) is 0 Å². The maximum atomic E-state index is 12.8. The van der Waals surface area contributed by atoms with Crippen LogP contribution in [-0.2, 0) is 76.0 Å². The van der Waals surface area contributed by atoms with Crippen LogP contribution < -0.4 is 16.0 Å². The van der Waals surface area contributed by atoms with Crippen molar-refractivity contribution in [3.8, 4) is 0 Å². The van der Waals surface area contributed by atoms with Gasteiger partial charge in [-0.05, 0) is 6.92 Å². The number of aliphatic hydroxyl groups excluding tert-OH is 19. The third-order valence-electron chi connectivity index (χ3n) is 16.0. The molecule has 38 heteroatoms. The predicted octanol–water partition coefficient (Wildman–Crippen LogP) is -14.8. The molecule has 7 fully saturated rings. The predicted molar refractivity (Wildman–Crippen MR) is 270 cm³/mol. The van der Waals surface area contributed by atoms with E-state index in [2.05, 4.69) is 16.0 Å². The lowest BCUT2D eigenvalue weighted by molar-refractivity contribution is -0.397. The van der Waals surface area contributed by atoms with Crippen molar-refractivity contribution >= 4 is 17.7 Å². The summed E-state index contributed by atoms with van der Waals surface area (Å²) in [5.41, 5.74) is 0. The molecular formula is C49H83N3O35. The van der Waals surface area contributed by atoms with Gasteiger partial charge in [0, 0.05) is 20.8 Å². The molecule has 35 atom stereocenters. The minimum absolute atomic E-state index is 0.582. The van der Waals surface area contributed by atoms with Crippen molar-refractivity contribution in [1.29, 1.82) is 0 Å². The summed E-state index contributed by atoms with van der Waals surface area (Å²) in [6, 6.07) is -4.73. The van der Waals surface area contributed by atoms with Gasteiger partial charge < -0.3 is 175 Å². The first-order chi connectivity index (χ1) is 41.1. The average molecular weight is 1270 g/mol. The molecule has 7 aliphatic rings. The number of hydrogen-bond donors (Lipinski definition) is 22. The van der Waals surface area contributed by atoms with Crippen LogP contribution in [0.25, 0.3) is 0 Å². The van der Waals surface area contributed by atoms with Crippen molar-refractivity contribution in [2.45, 2.75) is 242 Å². The number of amides is 3. The zero-order valence-corrected chi connectivity index (χ0v) is 47.2. The second kappa shape index (κ2) is 31.2. The molecule has 7 rings (SSSR count). The number of aliphatic hydroxyl groups is 19. The van der Waals surface area contributed by atoms with Gasteiger partial charge in [0.25, 0.3) is 0 Å². The van der Waals surface area contributed by atoms with Crippen LogP contribution in [0.3, 0.4) is 0 Å². The maximum Gasteiger partial charge on any atom is 0.217 e. The molecule has 0 bridgehead atoms. The van der Waals surface area contributed by atoms with Crippen LogP contribution in [0.1, 0.15) is 27.7 Å². The van der Waals surface area contributed by atoms with E-state index in [1.165, 1.54) is 6.92 Å². The molecule has 0 saturated carbocycles. The van der Waals surface area contributed by atoms with Crippen LogP contribution in [0.4, 0.5) is 0 Å². The van der Waals surface area contributed by atoms with Gasteiger partial charge in [-0.15, -0.1) is 0 Å². The summed E-state index contributed by atoms with van der Waals surface area (Å²) in [4.78, 5) is 37.6. The van der Waals surface area contributed by atoms with E-state index in [1.54, 1.807) is 0 Å². The molecule has 87 heavy (non-hydrogen) atoms. The van der Waals surface area contributed by atoms with E-state index in [1.807, 2.05) is 0 Å². The molecule has 3 amide bonds. The molecule has 504 valence electrons. The Hall–Kier alpha value is -2.87. The second-order valence-corrected chi connectivity index (χ2v) is 22.1. The molecule has 0 aliphatic carbocycles. The van der Waals surface area contributed by atoms with Crippen LogP contribution in [0.2, 0.25) is 0 Å². The smallest absolute Gasteiger partial charge is 0.217 e. The summed E-state index contributed by atoms with van der Waals surface area (Å²) in [7, 11) is 0. The summed E-state index contributed by atoms with van der Waals surface area (Å²) >= 11 is 0. The summed E-state index contributed by atoms with van der Waals surface area (Å²) in [6.07, 6.45) is -61.2. The van der Waals surface area contributed by atoms with Gasteiger partial charge in [-0.3, -0.25) is 14.4 Å². The summed E-state index contributed by atoms with van der Waals surface area (Å²) in [5, 5.41) is 215. The zero-order chi connectivity index (χ0) is 64.2. The van der Waals surface area contributed by atoms with Gasteiger partial charge in [-0.2, -0.15) is 0 Å². The molecule has 38 nitrogen and oxygen atoms in total. The SMILES string of the molecule is CC(=O)NC1[C@H](OC2C(O)[C@H](O)[C@@H](CO)O[C@@H]2O[C@@H]2C(O)[C@H](O[C@@H]3C(CO)O[C@@H](O[C@@H]4C(CO)O[C@@H](C)C(NC(C)=O)[C@H]4O)C(NC(C)=O)[C@H]3O)OC(CO[C@H]3OC(CO)[C@@H](O)[C@H](O)C3O)[C@H]2O)OC(CO)[C@@H](O[C@@H]2OC(CO)[C@H](O)[C@H](O)C2O)[C@@H]1O. The van der Waals surface area contributed by atoms with E-state index in [9.17, 15) is 111 Å². The van der Waals surface area contributed by atoms with Crippen molar-refractivity contribution in [3.63, 3.8) is 0 Å². The van der Waals surface area contributed by atoms with Gasteiger partial charge >= 0.3 is 0 Å². The first-order valence-corrected chi connectivity index (χ1v) is 27.9. The number of hydrogen-bond acceptors (Lipinski definition) is 35. The quantitative estimate of drug-likeness (QED) is 0.0479. The van der Waals surface area contributed by atoms with Gasteiger partial charge in [0.2, 0.25) is 17.7 Å². The van der Waals surface area contributed by atoms with E-state index in [-0.39, 0.29) is 0 Å². The van der Waals surface area contributed by atoms with E-state index in [4.69, 9.17) is 61.6 Å². The van der Waals surface area contributed by atoms with Crippen molar-refractivity contribution < 1.29 is 173 Å². The molecule has 22 N–H and O–H groups in total. The summed E-state index contributed by atoms with van der Waals surface area (Å²) in [5.74, 6) is -2.31. The molecular weight excluding hydrogens is 1190 g/mol. The highest BCUT2D eigenvalue weighted by atomic mass is 16.8. The van der Waals surface area contributed by atoms with Crippen LogP contribution >= 0.6 is 0 Å². The number of ether oxygens (including phenoxy) is 13. The van der Waals surface area contributed by atoms with Crippen molar-refractivity contribution in [2.24, 2.45) is 0 Å². The van der Waals surface area contributed by atoms with Crippen molar-refractivity contribution in [2.75, 3.05) is 46.2 Å². The fourth-order valence-electron chi connectivity index (χ4n) is 11.3. The Morgan fingerprint density at radius 3 is 1.08 bits per heavy atom. The Bertz CT molecular complexity index is 2180. The molecule has 0 spiro atoms. The van der Waals surface area contributed by atoms with Crippen molar-refractivity contribution in [1.82, 2.24) is 16.0 Å². The molecule has 7 aliphatic heterocycles. The Balaban J connectivity index is 1.20. The largest absolute Gasteiger partial charge is 0.394 e. The lowest BCUT2D eigenvalue weighted by atomic mass is 9.92. The van der Waals surface area contributed by atoms with Gasteiger partial charge in [-0.1, -0.05) is 0 Å². The molecule has 14 unspecified atom stereocenters. The molecule has 7 saturated heterocycles. The average Bonchev–Trinajstić information content (AvgIpc) is 1.27. The lowest BCUT2D eigenvalue weighted by Gasteiger charge is -2.51. The highest BCUT2D eigenvalue weighted by Crippen LogP contribution is 2.38. The second-order valence-electron chi connectivity index (χ2n) is 22.1. The monoisotopic (exact) mass is 1270 g/mol. The van der Waals surface area contributed by atoms with E-state index in [0.29, 0.717) is 0 Å². The van der Waals surface area contributed by atoms with Gasteiger partial charge in [-0.25, -0.2) is 0 Å².